The minimum atomic E-state index is 0.0864. The molecule has 3 fully saturated rings. The van der Waals surface area contributed by atoms with Gasteiger partial charge in [-0.25, -0.2) is 0 Å². The predicted octanol–water partition coefficient (Wildman–Crippen LogP) is 5.81. The molecule has 2 aromatic heterocycles. The number of hydrogen-bond donors (Lipinski definition) is 1. The van der Waals surface area contributed by atoms with Gasteiger partial charge in [-0.2, -0.15) is 0 Å². The summed E-state index contributed by atoms with van der Waals surface area (Å²) in [5, 5.41) is 2.40. The highest BCUT2D eigenvalue weighted by Crippen LogP contribution is 2.46. The van der Waals surface area contributed by atoms with Crippen molar-refractivity contribution in [2.45, 2.75) is 51.2 Å². The van der Waals surface area contributed by atoms with E-state index in [0.717, 1.165) is 47.7 Å². The first-order chi connectivity index (χ1) is 17.0. The van der Waals surface area contributed by atoms with Crippen molar-refractivity contribution < 1.29 is 9.53 Å². The number of hydrogen-bond acceptors (Lipinski definition) is 4. The van der Waals surface area contributed by atoms with Crippen LogP contribution in [0.15, 0.2) is 42.5 Å². The van der Waals surface area contributed by atoms with Crippen molar-refractivity contribution in [1.29, 1.82) is 0 Å². The summed E-state index contributed by atoms with van der Waals surface area (Å²) in [7, 11) is 1.71. The Balaban J connectivity index is 1.35. The summed E-state index contributed by atoms with van der Waals surface area (Å²) in [5.41, 5.74) is 10.9. The van der Waals surface area contributed by atoms with Crippen LogP contribution in [0.5, 0.6) is 5.75 Å². The van der Waals surface area contributed by atoms with Gasteiger partial charge in [-0.05, 0) is 74.3 Å². The lowest BCUT2D eigenvalue weighted by Gasteiger charge is -2.27. The number of rotatable bonds is 5. The van der Waals surface area contributed by atoms with Gasteiger partial charge >= 0.3 is 0 Å². The summed E-state index contributed by atoms with van der Waals surface area (Å²) in [4.78, 5) is 16.8. The molecule has 7 rings (SSSR count). The largest absolute Gasteiger partial charge is 0.496 e. The van der Waals surface area contributed by atoms with E-state index in [9.17, 15) is 4.79 Å². The second-order valence-corrected chi connectivity index (χ2v) is 11.7. The highest BCUT2D eigenvalue weighted by Gasteiger charge is 2.47. The molecule has 6 heteroatoms. The molecular formula is C29H31N3O2S. The fraction of sp³-hybridized carbons (Fsp3) is 0.414. The van der Waals surface area contributed by atoms with E-state index in [2.05, 4.69) is 47.9 Å². The first kappa shape index (κ1) is 21.5. The average Bonchev–Trinajstić information content (AvgIpc) is 3.27. The van der Waals surface area contributed by atoms with Crippen LogP contribution < -0.4 is 10.5 Å². The molecule has 1 saturated heterocycles. The molecule has 5 nitrogen and oxygen atoms in total. The fourth-order valence-electron chi connectivity index (χ4n) is 6.47. The van der Waals surface area contributed by atoms with Crippen LogP contribution in [0.25, 0.3) is 31.6 Å². The van der Waals surface area contributed by atoms with Gasteiger partial charge < -0.3 is 19.9 Å². The number of carbonyl (C=O) groups is 1. The Bertz CT molecular complexity index is 1480. The molecule has 3 aliphatic rings. The van der Waals surface area contributed by atoms with Crippen LogP contribution in [-0.4, -0.2) is 41.1 Å². The van der Waals surface area contributed by atoms with E-state index in [0.29, 0.717) is 11.5 Å². The standard InChI is InChI=1S/C29H31N3O2S/c1-16-26-24(34-2)12-20(29(33)32-15-19-9-10-22(32)27(19)30)13-25(26)35-28(16)23-11-18-5-3-4-6-21(18)31(23)14-17-7-8-17/h3-6,11-13,17,19,22,27H,7-10,14-15,30H2,1-2H3/t19?,22?,27-/m1/s1. The normalized spacial score (nSPS) is 23.6. The highest BCUT2D eigenvalue weighted by molar-refractivity contribution is 7.22. The fourth-order valence-corrected chi connectivity index (χ4v) is 7.76. The SMILES string of the molecule is COc1cc(C(=O)N2CC3CCC2[C@@H]3N)cc2sc(-c3cc4ccccc4n3CC3CC3)c(C)c12. The summed E-state index contributed by atoms with van der Waals surface area (Å²) in [6, 6.07) is 15.3. The first-order valence-corrected chi connectivity index (χ1v) is 13.6. The number of para-hydroxylation sites is 1. The molecule has 2 saturated carbocycles. The van der Waals surface area contributed by atoms with Gasteiger partial charge in [-0.15, -0.1) is 11.3 Å². The number of methoxy groups -OCH3 is 1. The van der Waals surface area contributed by atoms with Crippen molar-refractivity contribution in [1.82, 2.24) is 9.47 Å². The molecule has 2 bridgehead atoms. The Morgan fingerprint density at radius 2 is 1.97 bits per heavy atom. The zero-order valence-electron chi connectivity index (χ0n) is 20.3. The maximum absolute atomic E-state index is 13.6. The van der Waals surface area contributed by atoms with E-state index in [4.69, 9.17) is 10.5 Å². The molecule has 35 heavy (non-hydrogen) atoms. The quantitative estimate of drug-likeness (QED) is 0.388. The number of nitrogens with two attached hydrogens (primary N) is 1. The average molecular weight is 486 g/mol. The van der Waals surface area contributed by atoms with Crippen molar-refractivity contribution in [3.05, 3.63) is 53.6 Å². The molecule has 180 valence electrons. The number of likely N-dealkylation sites (tertiary alicyclic amines) is 1. The summed E-state index contributed by atoms with van der Waals surface area (Å²) in [6.07, 6.45) is 4.79. The highest BCUT2D eigenvalue weighted by atomic mass is 32.1. The third kappa shape index (κ3) is 3.26. The Hall–Kier alpha value is -2.83. The summed E-state index contributed by atoms with van der Waals surface area (Å²) in [5.74, 6) is 2.09. The van der Waals surface area contributed by atoms with E-state index in [1.807, 2.05) is 11.0 Å². The number of ether oxygens (including phenoxy) is 1. The summed E-state index contributed by atoms with van der Waals surface area (Å²) >= 11 is 1.78. The van der Waals surface area contributed by atoms with Gasteiger partial charge in [-0.3, -0.25) is 4.79 Å². The third-order valence-electron chi connectivity index (χ3n) is 8.56. The maximum atomic E-state index is 13.6. The van der Waals surface area contributed by atoms with Crippen LogP contribution in [0.2, 0.25) is 0 Å². The molecule has 2 N–H and O–H groups in total. The van der Waals surface area contributed by atoms with Crippen LogP contribution in [-0.2, 0) is 6.54 Å². The number of aromatic nitrogens is 1. The second kappa shape index (κ2) is 7.84. The molecule has 1 aliphatic heterocycles. The molecule has 1 amide bonds. The van der Waals surface area contributed by atoms with Crippen LogP contribution >= 0.6 is 11.3 Å². The predicted molar refractivity (Wildman–Crippen MR) is 142 cm³/mol. The number of amides is 1. The van der Waals surface area contributed by atoms with E-state index < -0.39 is 0 Å². The number of thiophene rings is 1. The lowest BCUT2D eigenvalue weighted by atomic mass is 10.0. The van der Waals surface area contributed by atoms with Crippen molar-refractivity contribution >= 4 is 38.2 Å². The van der Waals surface area contributed by atoms with Gasteiger partial charge in [-0.1, -0.05) is 18.2 Å². The number of carbonyl (C=O) groups excluding carboxylic acids is 1. The molecule has 4 aromatic rings. The molecular weight excluding hydrogens is 454 g/mol. The Morgan fingerprint density at radius 1 is 1.14 bits per heavy atom. The first-order valence-electron chi connectivity index (χ1n) is 12.8. The Kier molecular flexibility index (Phi) is 4.80. The zero-order valence-corrected chi connectivity index (χ0v) is 21.1. The minimum absolute atomic E-state index is 0.0864. The van der Waals surface area contributed by atoms with Crippen molar-refractivity contribution in [2.24, 2.45) is 17.6 Å². The number of benzene rings is 2. The molecule has 3 atom stereocenters. The van der Waals surface area contributed by atoms with E-state index in [-0.39, 0.29) is 18.0 Å². The molecule has 0 radical (unpaired) electrons. The van der Waals surface area contributed by atoms with Gasteiger partial charge in [0.2, 0.25) is 0 Å². The van der Waals surface area contributed by atoms with Crippen molar-refractivity contribution in [3.63, 3.8) is 0 Å². The van der Waals surface area contributed by atoms with Crippen LogP contribution in [0.4, 0.5) is 0 Å². The van der Waals surface area contributed by atoms with E-state index in [1.165, 1.54) is 39.9 Å². The van der Waals surface area contributed by atoms with Crippen molar-refractivity contribution in [3.8, 4) is 16.3 Å². The van der Waals surface area contributed by atoms with Gasteiger partial charge in [0, 0.05) is 51.7 Å². The van der Waals surface area contributed by atoms with Gasteiger partial charge in [0.1, 0.15) is 5.75 Å². The topological polar surface area (TPSA) is 60.5 Å². The number of aryl methyl sites for hydroxylation is 1. The smallest absolute Gasteiger partial charge is 0.254 e. The second-order valence-electron chi connectivity index (χ2n) is 10.7. The molecule has 2 aliphatic carbocycles. The minimum Gasteiger partial charge on any atom is -0.496 e. The van der Waals surface area contributed by atoms with Crippen LogP contribution in [0.3, 0.4) is 0 Å². The van der Waals surface area contributed by atoms with Crippen LogP contribution in [0, 0.1) is 18.8 Å². The molecule has 2 aromatic carbocycles. The van der Waals surface area contributed by atoms with Gasteiger partial charge in [0.25, 0.3) is 5.91 Å². The van der Waals surface area contributed by atoms with E-state index in [1.54, 1.807) is 18.4 Å². The lowest BCUT2D eigenvalue weighted by molar-refractivity contribution is 0.0700. The van der Waals surface area contributed by atoms with E-state index >= 15 is 0 Å². The monoisotopic (exact) mass is 485 g/mol. The van der Waals surface area contributed by atoms with Crippen LogP contribution in [0.1, 0.15) is 41.6 Å². The number of fused-ring (bicyclic) bond motifs is 4. The molecule has 3 heterocycles. The zero-order chi connectivity index (χ0) is 23.8. The van der Waals surface area contributed by atoms with Gasteiger partial charge in [0.05, 0.1) is 17.7 Å². The maximum Gasteiger partial charge on any atom is 0.254 e. The molecule has 2 unspecified atom stereocenters. The summed E-state index contributed by atoms with van der Waals surface area (Å²) in [6.45, 7) is 4.03. The summed E-state index contributed by atoms with van der Waals surface area (Å²) < 4.78 is 9.48. The van der Waals surface area contributed by atoms with Crippen molar-refractivity contribution in [2.75, 3.05) is 13.7 Å². The number of nitrogens with zero attached hydrogens (tertiary/aromatic N) is 2. The Labute approximate surface area is 209 Å². The third-order valence-corrected chi connectivity index (χ3v) is 9.82. The molecule has 0 spiro atoms. The lowest BCUT2D eigenvalue weighted by Crippen LogP contribution is -2.41. The van der Waals surface area contributed by atoms with Gasteiger partial charge in [0.15, 0.2) is 0 Å². The Morgan fingerprint density at radius 3 is 2.69 bits per heavy atom. The number of piperidine rings is 1.